The van der Waals surface area contributed by atoms with Crippen molar-refractivity contribution in [1.29, 1.82) is 0 Å². The van der Waals surface area contributed by atoms with Crippen LogP contribution in [-0.4, -0.2) is 33.2 Å². The van der Waals surface area contributed by atoms with Crippen LogP contribution in [0.5, 0.6) is 11.5 Å². The van der Waals surface area contributed by atoms with Gasteiger partial charge in [-0.05, 0) is 35.4 Å². The van der Waals surface area contributed by atoms with Crippen molar-refractivity contribution in [3.8, 4) is 22.9 Å². The Morgan fingerprint density at radius 3 is 2.62 bits per heavy atom. The Morgan fingerprint density at radius 2 is 1.76 bits per heavy atom. The van der Waals surface area contributed by atoms with Gasteiger partial charge in [0, 0.05) is 12.1 Å². The minimum absolute atomic E-state index is 0.101. The second-order valence-corrected chi connectivity index (χ2v) is 8.96. The van der Waals surface area contributed by atoms with Crippen LogP contribution in [0.2, 0.25) is 5.02 Å². The van der Waals surface area contributed by atoms with Crippen LogP contribution in [0, 0.1) is 0 Å². The van der Waals surface area contributed by atoms with Crippen LogP contribution in [0.1, 0.15) is 11.1 Å². The first-order valence-electron chi connectivity index (χ1n) is 10.7. The highest BCUT2D eigenvalue weighted by Gasteiger charge is 2.18. The molecule has 0 radical (unpaired) electrons. The van der Waals surface area contributed by atoms with Gasteiger partial charge in [-0.15, -0.1) is 10.2 Å². The fourth-order valence-corrected chi connectivity index (χ4v) is 4.57. The minimum atomic E-state index is -0.101. The van der Waals surface area contributed by atoms with Crippen molar-refractivity contribution in [2.24, 2.45) is 0 Å². The summed E-state index contributed by atoms with van der Waals surface area (Å²) >= 11 is 7.78. The summed E-state index contributed by atoms with van der Waals surface area (Å²) in [5, 5.41) is 13.0. The monoisotopic (exact) mass is 492 g/mol. The zero-order valence-electron chi connectivity index (χ0n) is 18.1. The van der Waals surface area contributed by atoms with Gasteiger partial charge in [0.1, 0.15) is 0 Å². The molecule has 0 fully saturated rings. The van der Waals surface area contributed by atoms with Gasteiger partial charge in [0.15, 0.2) is 22.5 Å². The number of hydrogen-bond acceptors (Lipinski definition) is 6. The molecule has 9 heteroatoms. The van der Waals surface area contributed by atoms with Gasteiger partial charge >= 0.3 is 0 Å². The summed E-state index contributed by atoms with van der Waals surface area (Å²) in [5.74, 6) is 2.19. The standard InChI is InChI=1S/C25H21ClN4O3S/c26-20-9-5-4-8-19(20)24-28-29-25(30(24)14-17-6-2-1-3-7-17)34-15-23(31)27-13-18-10-11-21-22(12-18)33-16-32-21/h1-12H,13-16H2,(H,27,31). The topological polar surface area (TPSA) is 78.3 Å². The maximum Gasteiger partial charge on any atom is 0.231 e. The van der Waals surface area contributed by atoms with E-state index >= 15 is 0 Å². The van der Waals surface area contributed by atoms with Crippen LogP contribution in [0.25, 0.3) is 11.4 Å². The normalized spacial score (nSPS) is 12.0. The van der Waals surface area contributed by atoms with E-state index in [4.69, 9.17) is 21.1 Å². The average molecular weight is 493 g/mol. The lowest BCUT2D eigenvalue weighted by molar-refractivity contribution is -0.118. The molecular weight excluding hydrogens is 472 g/mol. The Bertz CT molecular complexity index is 1310. The quantitative estimate of drug-likeness (QED) is 0.356. The van der Waals surface area contributed by atoms with E-state index in [0.29, 0.717) is 34.8 Å². The Kier molecular flexibility index (Phi) is 6.69. The summed E-state index contributed by atoms with van der Waals surface area (Å²) in [6.45, 7) is 1.19. The lowest BCUT2D eigenvalue weighted by atomic mass is 10.2. The first-order chi connectivity index (χ1) is 16.7. The molecule has 5 rings (SSSR count). The molecule has 0 spiro atoms. The Labute approximate surface area is 206 Å². The maximum atomic E-state index is 12.6. The number of ether oxygens (including phenoxy) is 2. The average Bonchev–Trinajstić information content (AvgIpc) is 3.49. The molecule has 7 nitrogen and oxygen atoms in total. The summed E-state index contributed by atoms with van der Waals surface area (Å²) < 4.78 is 12.7. The second-order valence-electron chi connectivity index (χ2n) is 7.61. The van der Waals surface area contributed by atoms with Gasteiger partial charge in [0.05, 0.1) is 17.3 Å². The van der Waals surface area contributed by atoms with Gasteiger partial charge in [-0.1, -0.05) is 71.9 Å². The number of thioether (sulfide) groups is 1. The molecule has 0 aliphatic carbocycles. The Hall–Kier alpha value is -3.49. The molecule has 34 heavy (non-hydrogen) atoms. The van der Waals surface area contributed by atoms with E-state index in [1.807, 2.05) is 77.4 Å². The zero-order valence-corrected chi connectivity index (χ0v) is 19.7. The smallest absolute Gasteiger partial charge is 0.231 e. The van der Waals surface area contributed by atoms with Crippen LogP contribution >= 0.6 is 23.4 Å². The third-order valence-corrected chi connectivity index (χ3v) is 6.57. The van der Waals surface area contributed by atoms with Crippen LogP contribution in [0.4, 0.5) is 0 Å². The van der Waals surface area contributed by atoms with E-state index in [1.54, 1.807) is 0 Å². The summed E-state index contributed by atoms with van der Waals surface area (Å²) in [6.07, 6.45) is 0. The number of aromatic nitrogens is 3. The molecule has 1 N–H and O–H groups in total. The lowest BCUT2D eigenvalue weighted by Gasteiger charge is -2.11. The first-order valence-corrected chi connectivity index (χ1v) is 12.0. The molecule has 1 amide bonds. The van der Waals surface area contributed by atoms with Crippen LogP contribution in [-0.2, 0) is 17.9 Å². The third kappa shape index (κ3) is 5.03. The SMILES string of the molecule is O=C(CSc1nnc(-c2ccccc2Cl)n1Cc1ccccc1)NCc1ccc2c(c1)OCO2. The molecule has 3 aromatic carbocycles. The van der Waals surface area contributed by atoms with E-state index in [9.17, 15) is 4.79 Å². The van der Waals surface area contributed by atoms with Crippen LogP contribution in [0.15, 0.2) is 78.0 Å². The van der Waals surface area contributed by atoms with Gasteiger partial charge in [-0.25, -0.2) is 0 Å². The van der Waals surface area contributed by atoms with E-state index in [-0.39, 0.29) is 18.5 Å². The van der Waals surface area contributed by atoms with Crippen molar-refractivity contribution in [2.45, 2.75) is 18.2 Å². The highest BCUT2D eigenvalue weighted by molar-refractivity contribution is 7.99. The first kappa shape index (κ1) is 22.3. The number of halogens is 1. The number of carbonyl (C=O) groups excluding carboxylic acids is 1. The molecule has 1 aliphatic rings. The van der Waals surface area contributed by atoms with E-state index in [2.05, 4.69) is 15.5 Å². The molecule has 0 unspecified atom stereocenters. The van der Waals surface area contributed by atoms with E-state index in [0.717, 1.165) is 22.4 Å². The number of nitrogens with one attached hydrogen (secondary N) is 1. The van der Waals surface area contributed by atoms with Gasteiger partial charge in [-0.2, -0.15) is 0 Å². The number of rotatable bonds is 8. The molecular formula is C25H21ClN4O3S. The Balaban J connectivity index is 1.29. The Morgan fingerprint density at radius 1 is 0.971 bits per heavy atom. The fourth-order valence-electron chi connectivity index (χ4n) is 3.58. The molecule has 4 aromatic rings. The predicted octanol–water partition coefficient (Wildman–Crippen LogP) is 4.78. The number of amides is 1. The van der Waals surface area contributed by atoms with Gasteiger partial charge in [0.2, 0.25) is 12.7 Å². The molecule has 172 valence electrons. The van der Waals surface area contributed by atoms with Crippen LogP contribution in [0.3, 0.4) is 0 Å². The fraction of sp³-hybridized carbons (Fsp3) is 0.160. The molecule has 0 bridgehead atoms. The predicted molar refractivity (Wildman–Crippen MR) is 131 cm³/mol. The zero-order chi connectivity index (χ0) is 23.3. The highest BCUT2D eigenvalue weighted by atomic mass is 35.5. The van der Waals surface area contributed by atoms with E-state index < -0.39 is 0 Å². The maximum absolute atomic E-state index is 12.6. The molecule has 0 atom stereocenters. The molecule has 2 heterocycles. The van der Waals surface area contributed by atoms with E-state index in [1.165, 1.54) is 11.8 Å². The largest absolute Gasteiger partial charge is 0.454 e. The van der Waals surface area contributed by atoms with Crippen molar-refractivity contribution in [3.63, 3.8) is 0 Å². The number of nitrogens with zero attached hydrogens (tertiary/aromatic N) is 3. The molecule has 0 saturated carbocycles. The summed E-state index contributed by atoms with van der Waals surface area (Å²) in [4.78, 5) is 12.6. The summed E-state index contributed by atoms with van der Waals surface area (Å²) in [5.41, 5.74) is 2.84. The number of fused-ring (bicyclic) bond motifs is 1. The summed E-state index contributed by atoms with van der Waals surface area (Å²) in [7, 11) is 0. The van der Waals surface area contributed by atoms with Crippen molar-refractivity contribution >= 4 is 29.3 Å². The van der Waals surface area contributed by atoms with Crippen molar-refractivity contribution < 1.29 is 14.3 Å². The number of hydrogen-bond donors (Lipinski definition) is 1. The lowest BCUT2D eigenvalue weighted by Crippen LogP contribution is -2.24. The van der Waals surface area contributed by atoms with Gasteiger partial charge in [-0.3, -0.25) is 9.36 Å². The van der Waals surface area contributed by atoms with Crippen LogP contribution < -0.4 is 14.8 Å². The van der Waals surface area contributed by atoms with Crippen molar-refractivity contribution in [3.05, 3.63) is 88.9 Å². The molecule has 1 aliphatic heterocycles. The van der Waals surface area contributed by atoms with Crippen molar-refractivity contribution in [2.75, 3.05) is 12.5 Å². The van der Waals surface area contributed by atoms with Crippen molar-refractivity contribution in [1.82, 2.24) is 20.1 Å². The molecule has 1 aromatic heterocycles. The second kappa shape index (κ2) is 10.2. The minimum Gasteiger partial charge on any atom is -0.454 e. The number of carbonyl (C=O) groups is 1. The molecule has 0 saturated heterocycles. The van der Waals surface area contributed by atoms with Gasteiger partial charge in [0.25, 0.3) is 0 Å². The summed E-state index contributed by atoms with van der Waals surface area (Å²) in [6, 6.07) is 23.2. The van der Waals surface area contributed by atoms with Gasteiger partial charge < -0.3 is 14.8 Å². The third-order valence-electron chi connectivity index (χ3n) is 5.27. The highest BCUT2D eigenvalue weighted by Crippen LogP contribution is 2.32. The number of benzene rings is 3.